The molecule has 0 amide bonds. The molecule has 0 heterocycles. The van der Waals surface area contributed by atoms with E-state index in [0.29, 0.717) is 0 Å². The summed E-state index contributed by atoms with van der Waals surface area (Å²) in [5.41, 5.74) is 0. The second-order valence-electron chi connectivity index (χ2n) is 0.448. The number of hydrogen-bond donors (Lipinski definition) is 2. The minimum atomic E-state index is -4.67. The van der Waals surface area contributed by atoms with Gasteiger partial charge in [0.25, 0.3) is 0 Å². The van der Waals surface area contributed by atoms with E-state index >= 15 is 0 Å². The topological polar surface area (TPSA) is 74.6 Å². The first kappa shape index (κ1) is 15.8. The molecule has 0 aromatic heterocycles. The van der Waals surface area contributed by atoms with Crippen LogP contribution in [0.1, 0.15) is 0 Å². The molecule has 0 aliphatic heterocycles. The fraction of sp³-hybridized carbons (Fsp3) is 0. The zero-order chi connectivity index (χ0) is 4.50. The van der Waals surface area contributed by atoms with Crippen molar-refractivity contribution in [3.63, 3.8) is 0 Å². The predicted octanol–water partition coefficient (Wildman–Crippen LogP) is -1.57. The average molecular weight is 172 g/mol. The van der Waals surface area contributed by atoms with Gasteiger partial charge in [-0.2, -0.15) is 8.42 Å². The first-order valence-electron chi connectivity index (χ1n) is 0.698. The summed E-state index contributed by atoms with van der Waals surface area (Å²) in [7, 11) is -4.67. The van der Waals surface area contributed by atoms with Gasteiger partial charge in [-0.25, -0.2) is 0 Å². The fourth-order valence-corrected chi connectivity index (χ4v) is 0. The number of rotatable bonds is 0. The van der Waals surface area contributed by atoms with Crippen LogP contribution < -0.4 is 0 Å². The maximum Gasteiger partial charge on any atom is 0.394 e. The molecule has 7 heavy (non-hydrogen) atoms. The minimum absolute atomic E-state index is 0. The Bertz CT molecular complexity index is 94.9. The van der Waals surface area contributed by atoms with E-state index in [1.807, 2.05) is 0 Å². The molecule has 0 saturated heterocycles. The molecule has 0 radical (unpaired) electrons. The van der Waals surface area contributed by atoms with Crippen LogP contribution in [0.25, 0.3) is 0 Å². The van der Waals surface area contributed by atoms with Crippen LogP contribution in [0.15, 0.2) is 0 Å². The normalized spacial score (nSPS) is 8.29. The van der Waals surface area contributed by atoms with E-state index in [1.54, 1.807) is 0 Å². The monoisotopic (exact) mass is 172 g/mol. The van der Waals surface area contributed by atoms with Gasteiger partial charge in [-0.3, -0.25) is 9.11 Å². The van der Waals surface area contributed by atoms with Crippen molar-refractivity contribution in [3.05, 3.63) is 0 Å². The van der Waals surface area contributed by atoms with Crippen LogP contribution in [-0.2, 0) is 32.1 Å². The second-order valence-corrected chi connectivity index (χ2v) is 1.34. The van der Waals surface area contributed by atoms with Crippen LogP contribution in [0.5, 0.6) is 0 Å². The van der Waals surface area contributed by atoms with Crippen molar-refractivity contribution in [2.24, 2.45) is 0 Å². The van der Waals surface area contributed by atoms with Gasteiger partial charge in [0, 0.05) is 21.7 Å². The molecule has 0 fully saturated rings. The van der Waals surface area contributed by atoms with Crippen molar-refractivity contribution in [1.29, 1.82) is 0 Å². The molecule has 2 N–H and O–H groups in total. The van der Waals surface area contributed by atoms with Gasteiger partial charge in [0.05, 0.1) is 0 Å². The van der Waals surface area contributed by atoms with Crippen molar-refractivity contribution in [2.75, 3.05) is 0 Å². The Morgan fingerprint density at radius 1 is 1.14 bits per heavy atom. The Balaban J connectivity index is -0.0000000800. The van der Waals surface area contributed by atoms with Crippen LogP contribution in [0.4, 0.5) is 0 Å². The molecule has 7 heteroatoms. The van der Waals surface area contributed by atoms with Crippen LogP contribution in [0.3, 0.4) is 0 Å². The van der Waals surface area contributed by atoms with Crippen LogP contribution in [0, 0.1) is 0 Å². The Labute approximate surface area is 72.3 Å². The summed E-state index contributed by atoms with van der Waals surface area (Å²) < 4.78 is 31.6. The third-order valence-corrected chi connectivity index (χ3v) is 0. The maximum atomic E-state index is 8.74. The zero-order valence-corrected chi connectivity index (χ0v) is 5.00. The summed E-state index contributed by atoms with van der Waals surface area (Å²) in [5, 5.41) is 0. The standard InChI is InChI=1S/Mg.H2O4S.Ti.2H/c;1-5(2,3)4;;;/h;(H2,1,2,3,4);;;. The molecule has 0 spiro atoms. The van der Waals surface area contributed by atoms with Crippen molar-refractivity contribution >= 4 is 33.5 Å². The van der Waals surface area contributed by atoms with Gasteiger partial charge < -0.3 is 0 Å². The van der Waals surface area contributed by atoms with Crippen LogP contribution in [0.2, 0.25) is 0 Å². The molecule has 4 nitrogen and oxygen atoms in total. The molecule has 0 aromatic carbocycles. The maximum absolute atomic E-state index is 8.74. The van der Waals surface area contributed by atoms with E-state index in [-0.39, 0.29) is 44.8 Å². The molecule has 40 valence electrons. The van der Waals surface area contributed by atoms with E-state index in [9.17, 15) is 0 Å². The first-order chi connectivity index (χ1) is 2.00. The second kappa shape index (κ2) is 5.49. The van der Waals surface area contributed by atoms with Crippen molar-refractivity contribution < 1.29 is 39.2 Å². The summed E-state index contributed by atoms with van der Waals surface area (Å²) in [6.45, 7) is 0. The van der Waals surface area contributed by atoms with Gasteiger partial charge in [-0.15, -0.1) is 0 Å². The Kier molecular flexibility index (Phi) is 12.4. The molecular formula is H4MgO4STi. The van der Waals surface area contributed by atoms with Crippen molar-refractivity contribution in [3.8, 4) is 0 Å². The van der Waals surface area contributed by atoms with Crippen molar-refractivity contribution in [1.82, 2.24) is 0 Å². The molecule has 0 rings (SSSR count). The molecule has 0 aliphatic carbocycles. The molecule has 0 aliphatic rings. The van der Waals surface area contributed by atoms with E-state index < -0.39 is 10.4 Å². The van der Waals surface area contributed by atoms with Gasteiger partial charge in [-0.1, -0.05) is 0 Å². The summed E-state index contributed by atoms with van der Waals surface area (Å²) in [5.74, 6) is 0. The Hall–Kier alpha value is 1.35. The van der Waals surface area contributed by atoms with E-state index in [0.717, 1.165) is 0 Å². The van der Waals surface area contributed by atoms with Crippen LogP contribution >= 0.6 is 0 Å². The smallest absolute Gasteiger partial charge is 0.264 e. The third kappa shape index (κ3) is 115. The number of hydrogen-bond acceptors (Lipinski definition) is 2. The Morgan fingerprint density at radius 3 is 1.14 bits per heavy atom. The van der Waals surface area contributed by atoms with E-state index in [4.69, 9.17) is 17.5 Å². The first-order valence-corrected chi connectivity index (χ1v) is 2.10. The van der Waals surface area contributed by atoms with E-state index in [2.05, 4.69) is 0 Å². The van der Waals surface area contributed by atoms with Gasteiger partial charge in [0.15, 0.2) is 0 Å². The molecule has 0 unspecified atom stereocenters. The average Bonchev–Trinajstić information content (AvgIpc) is 0.722. The molecule has 0 aromatic rings. The SMILES string of the molecule is O=S(=O)(O)O.[MgH2].[Ti]. The van der Waals surface area contributed by atoms with Gasteiger partial charge in [0.2, 0.25) is 0 Å². The predicted molar refractivity (Wildman–Crippen MR) is 22.7 cm³/mol. The molecular weight excluding hydrogens is 168 g/mol. The summed E-state index contributed by atoms with van der Waals surface area (Å²) in [6.07, 6.45) is 0. The van der Waals surface area contributed by atoms with Crippen molar-refractivity contribution in [2.45, 2.75) is 0 Å². The van der Waals surface area contributed by atoms with E-state index in [1.165, 1.54) is 0 Å². The van der Waals surface area contributed by atoms with Gasteiger partial charge in [0.1, 0.15) is 0 Å². The molecule has 0 bridgehead atoms. The third-order valence-electron chi connectivity index (χ3n) is 0. The Morgan fingerprint density at radius 2 is 1.14 bits per heavy atom. The summed E-state index contributed by atoms with van der Waals surface area (Å²) in [4.78, 5) is 0. The summed E-state index contributed by atoms with van der Waals surface area (Å²) in [6, 6.07) is 0. The summed E-state index contributed by atoms with van der Waals surface area (Å²) >= 11 is 0. The minimum Gasteiger partial charge on any atom is -0.264 e. The zero-order valence-electron chi connectivity index (χ0n) is 2.62. The molecule has 0 atom stereocenters. The quantitative estimate of drug-likeness (QED) is 0.342. The largest absolute Gasteiger partial charge is 0.394 e. The van der Waals surface area contributed by atoms with Gasteiger partial charge in [-0.05, 0) is 0 Å². The van der Waals surface area contributed by atoms with Crippen LogP contribution in [-0.4, -0.2) is 40.6 Å². The van der Waals surface area contributed by atoms with Gasteiger partial charge >= 0.3 is 33.5 Å². The molecule has 0 saturated carbocycles. The fourth-order valence-electron chi connectivity index (χ4n) is 0.